The minimum Gasteiger partial charge on any atom is -0.385 e. The van der Waals surface area contributed by atoms with Crippen molar-refractivity contribution in [3.05, 3.63) is 29.3 Å². The molecular weight excluding hydrogens is 305 g/mol. The molecule has 0 spiro atoms. The van der Waals surface area contributed by atoms with Crippen molar-refractivity contribution in [2.75, 3.05) is 26.0 Å². The Balaban J connectivity index is 0.00000484. The van der Waals surface area contributed by atoms with Crippen molar-refractivity contribution >= 4 is 12.0 Å². The fraction of sp³-hybridized carbons (Fsp3) is 0.588. The average molecular weight is 332 g/mol. The molecule has 132 valence electrons. The van der Waals surface area contributed by atoms with Crippen LogP contribution in [0.2, 0.25) is 0 Å². The monoisotopic (exact) mass is 332 g/mol. The van der Waals surface area contributed by atoms with Crippen LogP contribution in [0.4, 0.5) is 18.9 Å². The molecule has 6 heteroatoms. The van der Waals surface area contributed by atoms with Crippen molar-refractivity contribution in [2.24, 2.45) is 0 Å². The normalized spacial score (nSPS) is 11.2. The number of benzene rings is 1. The molecule has 0 aliphatic rings. The Morgan fingerprint density at radius 2 is 1.87 bits per heavy atom. The van der Waals surface area contributed by atoms with E-state index in [1.54, 1.807) is 6.07 Å². The third kappa shape index (κ3) is 8.02. The second-order valence-electron chi connectivity index (χ2n) is 5.56. The summed E-state index contributed by atoms with van der Waals surface area (Å²) in [5, 5.41) is 2.86. The SMILES string of the molecule is C.CN(C)Cc1ccc(NCCCCCC=O)c(C(F)(F)F)c1. The van der Waals surface area contributed by atoms with Gasteiger partial charge < -0.3 is 15.0 Å². The average Bonchev–Trinajstić information content (AvgIpc) is 2.42. The van der Waals surface area contributed by atoms with Crippen LogP contribution in [0.3, 0.4) is 0 Å². The molecule has 1 rings (SSSR count). The van der Waals surface area contributed by atoms with Gasteiger partial charge in [0.1, 0.15) is 6.29 Å². The van der Waals surface area contributed by atoms with Crippen LogP contribution in [0, 0.1) is 0 Å². The minimum atomic E-state index is -4.37. The van der Waals surface area contributed by atoms with E-state index in [4.69, 9.17) is 0 Å². The highest BCUT2D eigenvalue weighted by atomic mass is 19.4. The predicted molar refractivity (Wildman–Crippen MR) is 88.6 cm³/mol. The summed E-state index contributed by atoms with van der Waals surface area (Å²) in [6.45, 7) is 0.935. The number of halogens is 3. The highest BCUT2D eigenvalue weighted by Crippen LogP contribution is 2.35. The zero-order valence-corrected chi connectivity index (χ0v) is 13.0. The fourth-order valence-electron chi connectivity index (χ4n) is 2.20. The van der Waals surface area contributed by atoms with Crippen LogP contribution < -0.4 is 5.32 Å². The molecular formula is C17H27F3N2O. The number of nitrogens with zero attached hydrogens (tertiary/aromatic N) is 1. The summed E-state index contributed by atoms with van der Waals surface area (Å²) in [4.78, 5) is 12.0. The molecule has 0 aliphatic carbocycles. The number of rotatable bonds is 9. The summed E-state index contributed by atoms with van der Waals surface area (Å²) in [6.07, 6.45) is -0.663. The summed E-state index contributed by atoms with van der Waals surface area (Å²) in [5.74, 6) is 0. The lowest BCUT2D eigenvalue weighted by atomic mass is 10.1. The first kappa shape index (κ1) is 21.4. The third-order valence-corrected chi connectivity index (χ3v) is 3.20. The van der Waals surface area contributed by atoms with Gasteiger partial charge in [0.15, 0.2) is 0 Å². The van der Waals surface area contributed by atoms with Crippen LogP contribution in [-0.4, -0.2) is 31.8 Å². The van der Waals surface area contributed by atoms with Gasteiger partial charge in [-0.25, -0.2) is 0 Å². The maximum atomic E-state index is 13.1. The van der Waals surface area contributed by atoms with Crippen LogP contribution in [0.5, 0.6) is 0 Å². The second-order valence-corrected chi connectivity index (χ2v) is 5.56. The van der Waals surface area contributed by atoms with Crippen LogP contribution in [0.25, 0.3) is 0 Å². The minimum absolute atomic E-state index is 0. The van der Waals surface area contributed by atoms with Crippen molar-refractivity contribution in [2.45, 2.75) is 45.8 Å². The molecule has 0 unspecified atom stereocenters. The zero-order valence-electron chi connectivity index (χ0n) is 13.0. The van der Waals surface area contributed by atoms with Crippen LogP contribution in [-0.2, 0) is 17.5 Å². The first-order valence-corrected chi connectivity index (χ1v) is 7.37. The van der Waals surface area contributed by atoms with Gasteiger partial charge in [-0.3, -0.25) is 0 Å². The predicted octanol–water partition coefficient (Wildman–Crippen LogP) is 4.57. The van der Waals surface area contributed by atoms with Gasteiger partial charge in [-0.15, -0.1) is 0 Å². The summed E-state index contributed by atoms with van der Waals surface area (Å²) < 4.78 is 39.4. The molecule has 1 aromatic rings. The lowest BCUT2D eigenvalue weighted by Crippen LogP contribution is -2.15. The molecule has 1 aromatic carbocycles. The first-order chi connectivity index (χ1) is 10.3. The second kappa shape index (κ2) is 10.3. The standard InChI is InChI=1S/C16H23F3N2O.CH4/c1-21(2)12-13-7-8-15(14(11-13)16(17,18)19)20-9-5-3-4-6-10-22;/h7-8,10-11,20H,3-6,9,12H2,1-2H3;1H4. The Bertz CT molecular complexity index is 473. The van der Waals surface area contributed by atoms with Gasteiger partial charge >= 0.3 is 6.18 Å². The van der Waals surface area contributed by atoms with E-state index in [9.17, 15) is 18.0 Å². The van der Waals surface area contributed by atoms with E-state index >= 15 is 0 Å². The molecule has 0 aromatic heterocycles. The Labute approximate surface area is 136 Å². The van der Waals surface area contributed by atoms with E-state index in [1.807, 2.05) is 19.0 Å². The van der Waals surface area contributed by atoms with Crippen molar-refractivity contribution in [3.63, 3.8) is 0 Å². The van der Waals surface area contributed by atoms with Gasteiger partial charge in [0.05, 0.1) is 5.56 Å². The number of anilines is 1. The van der Waals surface area contributed by atoms with Gasteiger partial charge in [-0.2, -0.15) is 13.2 Å². The topological polar surface area (TPSA) is 32.3 Å². The molecule has 0 saturated heterocycles. The Hall–Kier alpha value is -1.56. The Morgan fingerprint density at radius 1 is 1.17 bits per heavy atom. The van der Waals surface area contributed by atoms with E-state index in [-0.39, 0.29) is 13.1 Å². The number of aldehydes is 1. The smallest absolute Gasteiger partial charge is 0.385 e. The maximum Gasteiger partial charge on any atom is 0.418 e. The highest BCUT2D eigenvalue weighted by molar-refractivity contribution is 5.54. The number of carbonyl (C=O) groups is 1. The van der Waals surface area contributed by atoms with Gasteiger partial charge in [0.25, 0.3) is 0 Å². The number of carbonyl (C=O) groups excluding carboxylic acids is 1. The molecule has 23 heavy (non-hydrogen) atoms. The Kier molecular flexibility index (Phi) is 9.56. The lowest BCUT2D eigenvalue weighted by molar-refractivity contribution is -0.137. The molecule has 0 fully saturated rings. The van der Waals surface area contributed by atoms with Gasteiger partial charge in [-0.05, 0) is 44.6 Å². The molecule has 0 saturated carbocycles. The largest absolute Gasteiger partial charge is 0.418 e. The van der Waals surface area contributed by atoms with Crippen molar-refractivity contribution in [1.82, 2.24) is 4.90 Å². The Morgan fingerprint density at radius 3 is 2.43 bits per heavy atom. The van der Waals surface area contributed by atoms with E-state index in [0.29, 0.717) is 25.1 Å². The molecule has 1 N–H and O–H groups in total. The third-order valence-electron chi connectivity index (χ3n) is 3.20. The zero-order chi connectivity index (χ0) is 16.6. The van der Waals surface area contributed by atoms with Crippen molar-refractivity contribution in [3.8, 4) is 0 Å². The van der Waals surface area contributed by atoms with Gasteiger partial charge in [0, 0.05) is 25.2 Å². The molecule has 0 atom stereocenters. The van der Waals surface area contributed by atoms with Gasteiger partial charge in [0.2, 0.25) is 0 Å². The van der Waals surface area contributed by atoms with Crippen LogP contribution in [0.1, 0.15) is 44.2 Å². The van der Waals surface area contributed by atoms with Crippen LogP contribution in [0.15, 0.2) is 18.2 Å². The van der Waals surface area contributed by atoms with E-state index in [0.717, 1.165) is 25.5 Å². The molecule has 0 aliphatic heterocycles. The highest BCUT2D eigenvalue weighted by Gasteiger charge is 2.33. The lowest BCUT2D eigenvalue weighted by Gasteiger charge is -2.17. The maximum absolute atomic E-state index is 13.1. The number of unbranched alkanes of at least 4 members (excludes halogenated alkanes) is 3. The summed E-state index contributed by atoms with van der Waals surface area (Å²) in [6, 6.07) is 4.41. The molecule has 0 amide bonds. The molecule has 3 nitrogen and oxygen atoms in total. The number of hydrogen-bond acceptors (Lipinski definition) is 3. The summed E-state index contributed by atoms with van der Waals surface area (Å²) >= 11 is 0. The van der Waals surface area contributed by atoms with E-state index in [2.05, 4.69) is 5.32 Å². The fourth-order valence-corrected chi connectivity index (χ4v) is 2.20. The number of nitrogens with one attached hydrogen (secondary N) is 1. The first-order valence-electron chi connectivity index (χ1n) is 7.37. The van der Waals surface area contributed by atoms with Crippen LogP contribution >= 0.6 is 0 Å². The quantitative estimate of drug-likeness (QED) is 0.531. The molecule has 0 bridgehead atoms. The van der Waals surface area contributed by atoms with Crippen molar-refractivity contribution in [1.29, 1.82) is 0 Å². The molecule has 0 radical (unpaired) electrons. The summed E-state index contributed by atoms with van der Waals surface area (Å²) in [5.41, 5.74) is 0.124. The molecule has 0 heterocycles. The van der Waals surface area contributed by atoms with Gasteiger partial charge in [-0.1, -0.05) is 19.9 Å². The van der Waals surface area contributed by atoms with E-state index < -0.39 is 11.7 Å². The number of alkyl halides is 3. The summed E-state index contributed by atoms with van der Waals surface area (Å²) in [7, 11) is 3.64. The number of hydrogen-bond donors (Lipinski definition) is 1. The van der Waals surface area contributed by atoms with Crippen molar-refractivity contribution < 1.29 is 18.0 Å². The van der Waals surface area contributed by atoms with E-state index in [1.165, 1.54) is 12.1 Å².